The minimum absolute atomic E-state index is 0.00514. The van der Waals surface area contributed by atoms with Crippen LogP contribution in [0.15, 0.2) is 71.1 Å². The molecule has 0 aliphatic carbocycles. The minimum Gasteiger partial charge on any atom is -0.436 e. The maximum atomic E-state index is 13.8. The number of carbonyl (C=O) groups excluding carboxylic acids is 1. The summed E-state index contributed by atoms with van der Waals surface area (Å²) in [5, 5.41) is 2.69. The Morgan fingerprint density at radius 1 is 1.07 bits per heavy atom. The monoisotopic (exact) mass is 360 g/mol. The van der Waals surface area contributed by atoms with Crippen LogP contribution in [0.25, 0.3) is 22.6 Å². The number of aryl methyl sites for hydroxylation is 1. The Balaban J connectivity index is 1.60. The third-order valence-corrected chi connectivity index (χ3v) is 4.37. The highest BCUT2D eigenvalue weighted by molar-refractivity contribution is 6.05. The molecule has 1 N–H and O–H groups in total. The SMILES string of the molecule is CCc1ccc(-c2nc3cc(NC(=O)c4ccccc4F)ccc3o2)cc1. The molecule has 27 heavy (non-hydrogen) atoms. The van der Waals surface area contributed by atoms with E-state index in [1.165, 1.54) is 17.7 Å². The van der Waals surface area contributed by atoms with Crippen LogP contribution in [0.4, 0.5) is 10.1 Å². The lowest BCUT2D eigenvalue weighted by molar-refractivity contribution is 0.102. The molecule has 0 atom stereocenters. The van der Waals surface area contributed by atoms with Crippen LogP contribution in [0.1, 0.15) is 22.8 Å². The molecule has 0 saturated heterocycles. The number of oxazole rings is 1. The molecule has 5 heteroatoms. The van der Waals surface area contributed by atoms with Crippen molar-refractivity contribution in [3.63, 3.8) is 0 Å². The average molecular weight is 360 g/mol. The molecule has 1 amide bonds. The van der Waals surface area contributed by atoms with E-state index in [2.05, 4.69) is 17.2 Å². The molecular formula is C22H17FN2O2. The number of anilines is 1. The van der Waals surface area contributed by atoms with Gasteiger partial charge in [-0.15, -0.1) is 0 Å². The first-order valence-electron chi connectivity index (χ1n) is 8.70. The van der Waals surface area contributed by atoms with E-state index in [9.17, 15) is 9.18 Å². The molecule has 1 heterocycles. The van der Waals surface area contributed by atoms with Gasteiger partial charge in [-0.3, -0.25) is 4.79 Å². The summed E-state index contributed by atoms with van der Waals surface area (Å²) in [5.41, 5.74) is 3.89. The number of hydrogen-bond acceptors (Lipinski definition) is 3. The number of rotatable bonds is 4. The zero-order valence-corrected chi connectivity index (χ0v) is 14.7. The molecule has 0 spiro atoms. The van der Waals surface area contributed by atoms with Crippen LogP contribution >= 0.6 is 0 Å². The second-order valence-electron chi connectivity index (χ2n) is 6.19. The van der Waals surface area contributed by atoms with Crippen molar-refractivity contribution < 1.29 is 13.6 Å². The summed E-state index contributed by atoms with van der Waals surface area (Å²) in [6.07, 6.45) is 0.971. The standard InChI is InChI=1S/C22H17FN2O2/c1-2-14-7-9-15(10-8-14)22-25-19-13-16(11-12-20(19)27-22)24-21(26)17-5-3-4-6-18(17)23/h3-13H,2H2,1H3,(H,24,26). The molecule has 0 unspecified atom stereocenters. The van der Waals surface area contributed by atoms with Crippen molar-refractivity contribution in [2.45, 2.75) is 13.3 Å². The highest BCUT2D eigenvalue weighted by Crippen LogP contribution is 2.27. The Bertz CT molecular complexity index is 1120. The van der Waals surface area contributed by atoms with Gasteiger partial charge in [-0.25, -0.2) is 9.37 Å². The van der Waals surface area contributed by atoms with Crippen molar-refractivity contribution >= 4 is 22.7 Å². The third kappa shape index (κ3) is 3.44. The molecule has 3 aromatic carbocycles. The highest BCUT2D eigenvalue weighted by atomic mass is 19.1. The highest BCUT2D eigenvalue weighted by Gasteiger charge is 2.13. The van der Waals surface area contributed by atoms with Gasteiger partial charge in [-0.05, 0) is 54.4 Å². The van der Waals surface area contributed by atoms with Gasteiger partial charge in [-0.2, -0.15) is 0 Å². The van der Waals surface area contributed by atoms with Gasteiger partial charge in [0, 0.05) is 11.3 Å². The first-order chi connectivity index (χ1) is 13.1. The van der Waals surface area contributed by atoms with Crippen molar-refractivity contribution in [3.05, 3.63) is 83.7 Å². The summed E-state index contributed by atoms with van der Waals surface area (Å²) in [5.74, 6) is -0.549. The largest absolute Gasteiger partial charge is 0.436 e. The van der Waals surface area contributed by atoms with E-state index in [-0.39, 0.29) is 5.56 Å². The predicted molar refractivity (Wildman–Crippen MR) is 103 cm³/mol. The number of fused-ring (bicyclic) bond motifs is 1. The van der Waals surface area contributed by atoms with Crippen molar-refractivity contribution in [1.82, 2.24) is 4.98 Å². The van der Waals surface area contributed by atoms with Crippen LogP contribution < -0.4 is 5.32 Å². The molecule has 0 aliphatic rings. The predicted octanol–water partition coefficient (Wildman–Crippen LogP) is 5.45. The number of nitrogens with zero attached hydrogens (tertiary/aromatic N) is 1. The van der Waals surface area contributed by atoms with Crippen molar-refractivity contribution in [1.29, 1.82) is 0 Å². The van der Waals surface area contributed by atoms with E-state index in [1.54, 1.807) is 30.3 Å². The third-order valence-electron chi connectivity index (χ3n) is 4.37. The summed E-state index contributed by atoms with van der Waals surface area (Å²) >= 11 is 0. The molecule has 0 aliphatic heterocycles. The fourth-order valence-electron chi connectivity index (χ4n) is 2.86. The van der Waals surface area contributed by atoms with Gasteiger partial charge >= 0.3 is 0 Å². The number of hydrogen-bond donors (Lipinski definition) is 1. The first-order valence-corrected chi connectivity index (χ1v) is 8.70. The Labute approximate surface area is 155 Å². The smallest absolute Gasteiger partial charge is 0.258 e. The fourth-order valence-corrected chi connectivity index (χ4v) is 2.86. The number of benzene rings is 3. The molecule has 4 nitrogen and oxygen atoms in total. The van der Waals surface area contributed by atoms with E-state index in [4.69, 9.17) is 4.42 Å². The van der Waals surface area contributed by atoms with Gasteiger partial charge in [0.2, 0.25) is 5.89 Å². The van der Waals surface area contributed by atoms with E-state index >= 15 is 0 Å². The molecule has 0 fully saturated rings. The summed E-state index contributed by atoms with van der Waals surface area (Å²) in [7, 11) is 0. The van der Waals surface area contributed by atoms with Crippen molar-refractivity contribution in [2.75, 3.05) is 5.32 Å². The molecule has 4 aromatic rings. The zero-order valence-electron chi connectivity index (χ0n) is 14.7. The molecule has 0 radical (unpaired) electrons. The Kier molecular flexibility index (Phi) is 4.42. The Morgan fingerprint density at radius 2 is 1.85 bits per heavy atom. The maximum absolute atomic E-state index is 13.8. The number of amides is 1. The molecular weight excluding hydrogens is 343 g/mol. The number of halogens is 1. The van der Waals surface area contributed by atoms with E-state index < -0.39 is 11.7 Å². The zero-order chi connectivity index (χ0) is 18.8. The van der Waals surface area contributed by atoms with E-state index in [0.29, 0.717) is 22.7 Å². The average Bonchev–Trinajstić information content (AvgIpc) is 3.11. The molecule has 1 aromatic heterocycles. The van der Waals surface area contributed by atoms with Gasteiger partial charge in [-0.1, -0.05) is 31.2 Å². The van der Waals surface area contributed by atoms with Crippen LogP contribution in [0.2, 0.25) is 0 Å². The van der Waals surface area contributed by atoms with E-state index in [1.807, 2.05) is 24.3 Å². The van der Waals surface area contributed by atoms with Gasteiger partial charge in [0.05, 0.1) is 5.56 Å². The van der Waals surface area contributed by atoms with Crippen molar-refractivity contribution in [3.8, 4) is 11.5 Å². The van der Waals surface area contributed by atoms with Gasteiger partial charge in [0.15, 0.2) is 5.58 Å². The molecule has 0 bridgehead atoms. The lowest BCUT2D eigenvalue weighted by atomic mass is 10.1. The summed E-state index contributed by atoms with van der Waals surface area (Å²) in [4.78, 5) is 16.8. The Morgan fingerprint density at radius 3 is 2.59 bits per heavy atom. The topological polar surface area (TPSA) is 55.1 Å². The van der Waals surface area contributed by atoms with E-state index in [0.717, 1.165) is 12.0 Å². The summed E-state index contributed by atoms with van der Waals surface area (Å²) < 4.78 is 19.6. The minimum atomic E-state index is -0.560. The normalized spacial score (nSPS) is 10.9. The van der Waals surface area contributed by atoms with Crippen LogP contribution in [-0.4, -0.2) is 10.9 Å². The first kappa shape index (κ1) is 17.0. The quantitative estimate of drug-likeness (QED) is 0.526. The summed E-state index contributed by atoms with van der Waals surface area (Å²) in [6.45, 7) is 2.10. The molecule has 134 valence electrons. The van der Waals surface area contributed by atoms with Crippen molar-refractivity contribution in [2.24, 2.45) is 0 Å². The maximum Gasteiger partial charge on any atom is 0.258 e. The van der Waals surface area contributed by atoms with Gasteiger partial charge < -0.3 is 9.73 Å². The van der Waals surface area contributed by atoms with Crippen LogP contribution in [0, 0.1) is 5.82 Å². The Hall–Kier alpha value is -3.47. The van der Waals surface area contributed by atoms with Gasteiger partial charge in [0.1, 0.15) is 11.3 Å². The fraction of sp³-hybridized carbons (Fsp3) is 0.0909. The number of nitrogens with one attached hydrogen (secondary N) is 1. The van der Waals surface area contributed by atoms with Crippen LogP contribution in [0.3, 0.4) is 0 Å². The van der Waals surface area contributed by atoms with Crippen LogP contribution in [0.5, 0.6) is 0 Å². The second kappa shape index (κ2) is 7.03. The number of carbonyl (C=O) groups is 1. The lowest BCUT2D eigenvalue weighted by Crippen LogP contribution is -2.13. The lowest BCUT2D eigenvalue weighted by Gasteiger charge is -2.05. The summed E-state index contributed by atoms with van der Waals surface area (Å²) in [6, 6.07) is 19.1. The molecule has 4 rings (SSSR count). The van der Waals surface area contributed by atoms with Gasteiger partial charge in [0.25, 0.3) is 5.91 Å². The van der Waals surface area contributed by atoms with Crippen LogP contribution in [-0.2, 0) is 6.42 Å². The second-order valence-corrected chi connectivity index (χ2v) is 6.19. The number of aromatic nitrogens is 1. The molecule has 0 saturated carbocycles.